The Morgan fingerprint density at radius 3 is 2.73 bits per heavy atom. The lowest BCUT2D eigenvalue weighted by Gasteiger charge is -2.15. The van der Waals surface area contributed by atoms with Crippen LogP contribution in [0, 0.1) is 0 Å². The van der Waals surface area contributed by atoms with Crippen molar-refractivity contribution in [2.75, 3.05) is 13.2 Å². The van der Waals surface area contributed by atoms with E-state index in [1.165, 1.54) is 15.5 Å². The van der Waals surface area contributed by atoms with E-state index in [-0.39, 0.29) is 37.0 Å². The van der Waals surface area contributed by atoms with Crippen LogP contribution in [0.5, 0.6) is 0 Å². The van der Waals surface area contributed by atoms with E-state index in [2.05, 4.69) is 4.98 Å². The first kappa shape index (κ1) is 20.4. The van der Waals surface area contributed by atoms with Crippen LogP contribution in [0.2, 0.25) is 5.02 Å². The Bertz CT molecular complexity index is 1190. The van der Waals surface area contributed by atoms with Crippen molar-refractivity contribution >= 4 is 28.7 Å². The molecule has 0 bridgehead atoms. The number of aromatic nitrogens is 4. The molecular weight excluding hydrogens is 412 g/mol. The van der Waals surface area contributed by atoms with E-state index in [4.69, 9.17) is 21.1 Å². The van der Waals surface area contributed by atoms with Gasteiger partial charge in [0.25, 0.3) is 5.56 Å². The van der Waals surface area contributed by atoms with Crippen molar-refractivity contribution < 1.29 is 14.3 Å². The van der Waals surface area contributed by atoms with Crippen molar-refractivity contribution in [3.8, 4) is 5.69 Å². The van der Waals surface area contributed by atoms with E-state index in [1.54, 1.807) is 31.2 Å². The second-order valence-corrected chi connectivity index (χ2v) is 7.43. The molecule has 1 aliphatic rings. The summed E-state index contributed by atoms with van der Waals surface area (Å²) in [6, 6.07) is 6.66. The van der Waals surface area contributed by atoms with Gasteiger partial charge >= 0.3 is 11.7 Å². The van der Waals surface area contributed by atoms with Crippen LogP contribution in [0.1, 0.15) is 19.8 Å². The van der Waals surface area contributed by atoms with Crippen LogP contribution in [-0.4, -0.2) is 44.0 Å². The van der Waals surface area contributed by atoms with Crippen molar-refractivity contribution in [1.29, 1.82) is 0 Å². The van der Waals surface area contributed by atoms with Gasteiger partial charge in [0.2, 0.25) is 0 Å². The standard InChI is InChI=1S/C20H21ClN4O5/c1-2-29-16(26)11-23-12-22-18-17(23)19(27)24(10-15-4-3-9-30-15)20(28)25(18)14-7-5-13(21)6-8-14/h5-8,12,15H,2-4,9-11H2,1H3/t15-/m0/s1. The largest absolute Gasteiger partial charge is 0.465 e. The molecule has 4 rings (SSSR count). The number of hydrogen-bond acceptors (Lipinski definition) is 6. The molecule has 3 heterocycles. The van der Waals surface area contributed by atoms with Crippen LogP contribution >= 0.6 is 11.6 Å². The number of carbonyl (C=O) groups is 1. The zero-order valence-electron chi connectivity index (χ0n) is 16.4. The highest BCUT2D eigenvalue weighted by Gasteiger charge is 2.24. The Balaban J connectivity index is 1.93. The van der Waals surface area contributed by atoms with Gasteiger partial charge in [-0.25, -0.2) is 14.3 Å². The molecule has 1 atom stereocenters. The summed E-state index contributed by atoms with van der Waals surface area (Å²) in [4.78, 5) is 42.8. The molecule has 1 aromatic carbocycles. The van der Waals surface area contributed by atoms with Gasteiger partial charge < -0.3 is 14.0 Å². The van der Waals surface area contributed by atoms with Gasteiger partial charge in [0.15, 0.2) is 11.2 Å². The van der Waals surface area contributed by atoms with Gasteiger partial charge in [-0.3, -0.25) is 14.2 Å². The number of carbonyl (C=O) groups excluding carboxylic acids is 1. The number of ether oxygens (including phenoxy) is 2. The molecule has 0 N–H and O–H groups in total. The lowest BCUT2D eigenvalue weighted by atomic mass is 10.2. The fraction of sp³-hybridized carbons (Fsp3) is 0.400. The first-order valence-corrected chi connectivity index (χ1v) is 10.1. The summed E-state index contributed by atoms with van der Waals surface area (Å²) >= 11 is 5.99. The Labute approximate surface area is 176 Å². The van der Waals surface area contributed by atoms with Crippen molar-refractivity contribution in [3.05, 3.63) is 56.5 Å². The third kappa shape index (κ3) is 3.78. The molecule has 0 amide bonds. The quantitative estimate of drug-likeness (QED) is 0.550. The molecule has 1 saturated heterocycles. The van der Waals surface area contributed by atoms with E-state index in [9.17, 15) is 14.4 Å². The molecule has 0 saturated carbocycles. The number of esters is 1. The molecule has 0 spiro atoms. The number of imidazole rings is 1. The SMILES string of the molecule is CCOC(=O)Cn1cnc2c1c(=O)n(C[C@@H]1CCCO1)c(=O)n2-c1ccc(Cl)cc1. The summed E-state index contributed by atoms with van der Waals surface area (Å²) in [7, 11) is 0. The van der Waals surface area contributed by atoms with Crippen LogP contribution < -0.4 is 11.2 Å². The predicted octanol–water partition coefficient (Wildman–Crippen LogP) is 1.74. The molecule has 30 heavy (non-hydrogen) atoms. The number of hydrogen-bond donors (Lipinski definition) is 0. The maximum Gasteiger partial charge on any atom is 0.337 e. The van der Waals surface area contributed by atoms with Gasteiger partial charge in [-0.05, 0) is 44.0 Å². The van der Waals surface area contributed by atoms with E-state index < -0.39 is 17.2 Å². The van der Waals surface area contributed by atoms with Crippen LogP contribution in [0.4, 0.5) is 0 Å². The lowest BCUT2D eigenvalue weighted by Crippen LogP contribution is -2.42. The maximum absolute atomic E-state index is 13.3. The average molecular weight is 433 g/mol. The summed E-state index contributed by atoms with van der Waals surface area (Å²) < 4.78 is 14.5. The van der Waals surface area contributed by atoms with Gasteiger partial charge in [0.1, 0.15) is 6.54 Å². The molecule has 9 nitrogen and oxygen atoms in total. The van der Waals surface area contributed by atoms with E-state index >= 15 is 0 Å². The highest BCUT2D eigenvalue weighted by Crippen LogP contribution is 2.17. The number of rotatable bonds is 6. The summed E-state index contributed by atoms with van der Waals surface area (Å²) in [6.45, 7) is 2.48. The van der Waals surface area contributed by atoms with E-state index in [1.807, 2.05) is 0 Å². The molecule has 1 fully saturated rings. The van der Waals surface area contributed by atoms with Crippen molar-refractivity contribution in [2.24, 2.45) is 0 Å². The number of fused-ring (bicyclic) bond motifs is 1. The molecule has 1 aliphatic heterocycles. The van der Waals surface area contributed by atoms with Crippen LogP contribution in [0.25, 0.3) is 16.9 Å². The second-order valence-electron chi connectivity index (χ2n) is 6.99. The minimum atomic E-state index is -0.522. The normalized spacial score (nSPS) is 16.3. The summed E-state index contributed by atoms with van der Waals surface area (Å²) in [6.07, 6.45) is 2.81. The molecule has 2 aromatic heterocycles. The first-order valence-electron chi connectivity index (χ1n) is 9.73. The molecule has 158 valence electrons. The summed E-state index contributed by atoms with van der Waals surface area (Å²) in [5, 5.41) is 0.517. The second kappa shape index (κ2) is 8.45. The van der Waals surface area contributed by atoms with Crippen molar-refractivity contribution in [2.45, 2.75) is 39.0 Å². The number of nitrogens with zero attached hydrogens (tertiary/aromatic N) is 4. The van der Waals surface area contributed by atoms with Gasteiger partial charge in [-0.2, -0.15) is 0 Å². The average Bonchev–Trinajstić information content (AvgIpc) is 3.37. The molecule has 10 heteroatoms. The fourth-order valence-corrected chi connectivity index (χ4v) is 3.75. The molecule has 0 radical (unpaired) electrons. The minimum absolute atomic E-state index is 0.131. The van der Waals surface area contributed by atoms with E-state index in [0.717, 1.165) is 17.4 Å². The third-order valence-electron chi connectivity index (χ3n) is 5.00. The molecular formula is C20H21ClN4O5. The lowest BCUT2D eigenvalue weighted by molar-refractivity contribution is -0.143. The van der Waals surface area contributed by atoms with Gasteiger partial charge in [0, 0.05) is 11.6 Å². The Kier molecular flexibility index (Phi) is 5.74. The van der Waals surface area contributed by atoms with E-state index in [0.29, 0.717) is 17.3 Å². The molecule has 0 aliphatic carbocycles. The highest BCUT2D eigenvalue weighted by atomic mass is 35.5. The van der Waals surface area contributed by atoms with Crippen LogP contribution in [0.15, 0.2) is 40.2 Å². The van der Waals surface area contributed by atoms with Gasteiger partial charge in [0.05, 0.1) is 31.3 Å². The molecule has 0 unspecified atom stereocenters. The topological polar surface area (TPSA) is 97.4 Å². The molecule has 3 aromatic rings. The smallest absolute Gasteiger partial charge is 0.337 e. The summed E-state index contributed by atoms with van der Waals surface area (Å²) in [5.41, 5.74) is -0.211. The van der Waals surface area contributed by atoms with Gasteiger partial charge in [-0.15, -0.1) is 0 Å². The highest BCUT2D eigenvalue weighted by molar-refractivity contribution is 6.30. The maximum atomic E-state index is 13.3. The third-order valence-corrected chi connectivity index (χ3v) is 5.25. The fourth-order valence-electron chi connectivity index (χ4n) is 3.62. The Hall–Kier alpha value is -2.91. The van der Waals surface area contributed by atoms with Crippen LogP contribution in [-0.2, 0) is 27.4 Å². The number of halogens is 1. The first-order chi connectivity index (χ1) is 14.5. The van der Waals surface area contributed by atoms with Crippen molar-refractivity contribution in [1.82, 2.24) is 18.7 Å². The zero-order chi connectivity index (χ0) is 21.3. The number of benzene rings is 1. The zero-order valence-corrected chi connectivity index (χ0v) is 17.2. The predicted molar refractivity (Wildman–Crippen MR) is 110 cm³/mol. The minimum Gasteiger partial charge on any atom is -0.465 e. The Morgan fingerprint density at radius 2 is 2.07 bits per heavy atom. The summed E-state index contributed by atoms with van der Waals surface area (Å²) in [5.74, 6) is -0.494. The Morgan fingerprint density at radius 1 is 1.30 bits per heavy atom. The monoisotopic (exact) mass is 432 g/mol. The van der Waals surface area contributed by atoms with Crippen LogP contribution in [0.3, 0.4) is 0 Å². The van der Waals surface area contributed by atoms with Crippen molar-refractivity contribution in [3.63, 3.8) is 0 Å². The van der Waals surface area contributed by atoms with Gasteiger partial charge in [-0.1, -0.05) is 11.6 Å².